The van der Waals surface area contributed by atoms with Gasteiger partial charge in [-0.1, -0.05) is 0 Å². The van der Waals surface area contributed by atoms with Crippen molar-refractivity contribution < 1.29 is 9.13 Å². The first kappa shape index (κ1) is 18.5. The van der Waals surface area contributed by atoms with Crippen LogP contribution in [0, 0.1) is 5.82 Å². The summed E-state index contributed by atoms with van der Waals surface area (Å²) in [6, 6.07) is 6.84. The number of methoxy groups -OCH3 is 1. The van der Waals surface area contributed by atoms with Crippen LogP contribution in [0.25, 0.3) is 0 Å². The number of hydrogen-bond donors (Lipinski definition) is 2. The fraction of sp³-hybridized carbons (Fsp3) is 0.588. The highest BCUT2D eigenvalue weighted by atomic mass is 19.1. The quantitative estimate of drug-likeness (QED) is 0.571. The Kier molecular flexibility index (Phi) is 7.27. The number of benzene rings is 1. The largest absolute Gasteiger partial charge is 0.383 e. The predicted octanol–water partition coefficient (Wildman–Crippen LogP) is 0.887. The fourth-order valence-corrected chi connectivity index (χ4v) is 2.78. The van der Waals surface area contributed by atoms with Crippen LogP contribution in [0.15, 0.2) is 29.3 Å². The van der Waals surface area contributed by atoms with Crippen LogP contribution in [0.1, 0.15) is 6.92 Å². The second-order valence-corrected chi connectivity index (χ2v) is 6.07. The number of hydrogen-bond acceptors (Lipinski definition) is 4. The Hall–Kier alpha value is -1.86. The van der Waals surface area contributed by atoms with Crippen molar-refractivity contribution in [3.63, 3.8) is 0 Å². The second-order valence-electron chi connectivity index (χ2n) is 6.07. The van der Waals surface area contributed by atoms with Gasteiger partial charge < -0.3 is 20.7 Å². The van der Waals surface area contributed by atoms with Crippen LogP contribution in [-0.2, 0) is 4.74 Å². The van der Waals surface area contributed by atoms with E-state index in [1.165, 1.54) is 12.1 Å². The molecule has 0 amide bonds. The second kappa shape index (κ2) is 9.44. The lowest BCUT2D eigenvalue weighted by atomic mass is 10.2. The molecule has 7 heteroatoms. The minimum Gasteiger partial charge on any atom is -0.383 e. The average Bonchev–Trinajstić information content (AvgIpc) is 2.56. The van der Waals surface area contributed by atoms with Crippen molar-refractivity contribution in [2.75, 3.05) is 57.9 Å². The smallest absolute Gasteiger partial charge is 0.188 e. The van der Waals surface area contributed by atoms with E-state index < -0.39 is 0 Å². The molecule has 1 unspecified atom stereocenters. The zero-order chi connectivity index (χ0) is 17.4. The Morgan fingerprint density at radius 3 is 2.58 bits per heavy atom. The van der Waals surface area contributed by atoms with Crippen molar-refractivity contribution in [2.24, 2.45) is 10.7 Å². The number of guanidine groups is 1. The van der Waals surface area contributed by atoms with Crippen molar-refractivity contribution in [3.8, 4) is 0 Å². The first-order valence-electron chi connectivity index (χ1n) is 8.36. The average molecular weight is 337 g/mol. The lowest BCUT2D eigenvalue weighted by Gasteiger charge is -2.35. The molecule has 0 saturated carbocycles. The lowest BCUT2D eigenvalue weighted by molar-refractivity contribution is 0.179. The third-order valence-electron chi connectivity index (χ3n) is 4.07. The summed E-state index contributed by atoms with van der Waals surface area (Å²) >= 11 is 0. The van der Waals surface area contributed by atoms with Gasteiger partial charge in [0.05, 0.1) is 13.2 Å². The van der Waals surface area contributed by atoms with Gasteiger partial charge in [0, 0.05) is 51.6 Å². The molecule has 3 N–H and O–H groups in total. The summed E-state index contributed by atoms with van der Waals surface area (Å²) in [6.45, 7) is 7.98. The van der Waals surface area contributed by atoms with Gasteiger partial charge in [0.15, 0.2) is 5.96 Å². The molecule has 1 aromatic rings. The van der Waals surface area contributed by atoms with E-state index >= 15 is 0 Å². The molecule has 134 valence electrons. The summed E-state index contributed by atoms with van der Waals surface area (Å²) in [7, 11) is 1.66. The number of nitrogens with zero attached hydrogens (tertiary/aromatic N) is 3. The number of halogens is 1. The number of nitrogens with two attached hydrogens (primary N) is 1. The number of piperazine rings is 1. The molecule has 6 nitrogen and oxygen atoms in total. The van der Waals surface area contributed by atoms with Crippen molar-refractivity contribution >= 4 is 11.6 Å². The first-order chi connectivity index (χ1) is 11.6. The van der Waals surface area contributed by atoms with Gasteiger partial charge in [0.1, 0.15) is 5.82 Å². The molecule has 0 aliphatic carbocycles. The van der Waals surface area contributed by atoms with Crippen LogP contribution in [0.5, 0.6) is 0 Å². The Bertz CT molecular complexity index is 514. The van der Waals surface area contributed by atoms with Crippen molar-refractivity contribution in [2.45, 2.75) is 13.0 Å². The maximum atomic E-state index is 13.0. The van der Waals surface area contributed by atoms with Gasteiger partial charge in [-0.05, 0) is 31.2 Å². The molecular formula is C17H28FN5O. The molecule has 1 aliphatic rings. The summed E-state index contributed by atoms with van der Waals surface area (Å²) in [6.07, 6.45) is 0. The van der Waals surface area contributed by atoms with E-state index in [9.17, 15) is 4.39 Å². The van der Waals surface area contributed by atoms with Gasteiger partial charge in [0.2, 0.25) is 0 Å². The fourth-order valence-electron chi connectivity index (χ4n) is 2.78. The molecule has 1 atom stereocenters. The maximum Gasteiger partial charge on any atom is 0.188 e. The lowest BCUT2D eigenvalue weighted by Crippen LogP contribution is -2.47. The van der Waals surface area contributed by atoms with E-state index in [1.807, 2.05) is 19.1 Å². The van der Waals surface area contributed by atoms with E-state index in [1.54, 1.807) is 7.11 Å². The van der Waals surface area contributed by atoms with Crippen LogP contribution in [-0.4, -0.2) is 69.9 Å². The maximum absolute atomic E-state index is 13.0. The molecule has 0 spiro atoms. The third kappa shape index (κ3) is 5.98. The van der Waals surface area contributed by atoms with Gasteiger partial charge >= 0.3 is 0 Å². The van der Waals surface area contributed by atoms with Gasteiger partial charge in [0.25, 0.3) is 0 Å². The van der Waals surface area contributed by atoms with E-state index in [0.717, 1.165) is 38.4 Å². The van der Waals surface area contributed by atoms with Crippen molar-refractivity contribution in [1.29, 1.82) is 0 Å². The highest BCUT2D eigenvalue weighted by Crippen LogP contribution is 2.16. The third-order valence-corrected chi connectivity index (χ3v) is 4.07. The number of ether oxygens (including phenoxy) is 1. The van der Waals surface area contributed by atoms with E-state index in [0.29, 0.717) is 19.1 Å². The molecule has 0 radical (unpaired) electrons. The Balaban J connectivity index is 1.68. The summed E-state index contributed by atoms with van der Waals surface area (Å²) in [4.78, 5) is 9.01. The molecule has 0 aromatic heterocycles. The molecule has 1 saturated heterocycles. The summed E-state index contributed by atoms with van der Waals surface area (Å²) in [5.41, 5.74) is 6.94. The standard InChI is InChI=1S/C17H28FN5O/c1-14(13-24-2)21-17(19)20-7-8-22-9-11-23(12-10-22)16-5-3-15(18)4-6-16/h3-6,14H,7-13H2,1-2H3,(H3,19,20,21). The monoisotopic (exact) mass is 337 g/mol. The number of nitrogens with one attached hydrogen (secondary N) is 1. The molecule has 24 heavy (non-hydrogen) atoms. The van der Waals surface area contributed by atoms with Gasteiger partial charge in [-0.15, -0.1) is 0 Å². The van der Waals surface area contributed by atoms with Gasteiger partial charge in [-0.2, -0.15) is 0 Å². The minimum absolute atomic E-state index is 0.151. The minimum atomic E-state index is -0.193. The van der Waals surface area contributed by atoms with E-state index in [2.05, 4.69) is 20.1 Å². The Morgan fingerprint density at radius 2 is 1.96 bits per heavy atom. The van der Waals surface area contributed by atoms with Crippen LogP contribution >= 0.6 is 0 Å². The zero-order valence-corrected chi connectivity index (χ0v) is 14.5. The topological polar surface area (TPSA) is 66.1 Å². The summed E-state index contributed by atoms with van der Waals surface area (Å²) in [5.74, 6) is 0.269. The number of rotatable bonds is 7. The Morgan fingerprint density at radius 1 is 1.29 bits per heavy atom. The number of aliphatic imine (C=N–C) groups is 1. The molecule has 0 bridgehead atoms. The van der Waals surface area contributed by atoms with E-state index in [-0.39, 0.29) is 11.9 Å². The van der Waals surface area contributed by atoms with Gasteiger partial charge in [-0.3, -0.25) is 9.89 Å². The SMILES string of the molecule is COCC(C)NC(N)=NCCN1CCN(c2ccc(F)cc2)CC1. The highest BCUT2D eigenvalue weighted by molar-refractivity contribution is 5.78. The van der Waals surface area contributed by atoms with Gasteiger partial charge in [-0.25, -0.2) is 4.39 Å². The molecular weight excluding hydrogens is 309 g/mol. The van der Waals surface area contributed by atoms with Crippen LogP contribution in [0.2, 0.25) is 0 Å². The molecule has 1 aliphatic heterocycles. The van der Waals surface area contributed by atoms with Crippen LogP contribution in [0.4, 0.5) is 10.1 Å². The predicted molar refractivity (Wildman–Crippen MR) is 96.0 cm³/mol. The summed E-state index contributed by atoms with van der Waals surface area (Å²) in [5, 5.41) is 3.10. The first-order valence-corrected chi connectivity index (χ1v) is 8.36. The van der Waals surface area contributed by atoms with Crippen molar-refractivity contribution in [1.82, 2.24) is 10.2 Å². The zero-order valence-electron chi connectivity index (χ0n) is 14.5. The number of anilines is 1. The highest BCUT2D eigenvalue weighted by Gasteiger charge is 2.16. The Labute approximate surface area is 143 Å². The summed E-state index contributed by atoms with van der Waals surface area (Å²) < 4.78 is 18.0. The molecule has 1 fully saturated rings. The van der Waals surface area contributed by atoms with Crippen LogP contribution < -0.4 is 16.0 Å². The molecule has 2 rings (SSSR count). The van der Waals surface area contributed by atoms with Crippen LogP contribution in [0.3, 0.4) is 0 Å². The molecule has 1 heterocycles. The normalized spacial score (nSPS) is 17.8. The molecule has 1 aromatic carbocycles. The van der Waals surface area contributed by atoms with Crippen molar-refractivity contribution in [3.05, 3.63) is 30.1 Å². The van der Waals surface area contributed by atoms with E-state index in [4.69, 9.17) is 10.5 Å².